The molecule has 3 rings (SSSR count). The predicted molar refractivity (Wildman–Crippen MR) is 93.1 cm³/mol. The van der Waals surface area contributed by atoms with Gasteiger partial charge in [-0.05, 0) is 42.2 Å². The molecule has 4 nitrogen and oxygen atoms in total. The zero-order valence-corrected chi connectivity index (χ0v) is 14.6. The van der Waals surface area contributed by atoms with Gasteiger partial charge in [-0.1, -0.05) is 20.8 Å². The zero-order chi connectivity index (χ0) is 16.4. The quantitative estimate of drug-likeness (QED) is 0.675. The second-order valence-corrected chi connectivity index (χ2v) is 8.08. The van der Waals surface area contributed by atoms with Gasteiger partial charge in [0.1, 0.15) is 0 Å². The average molecular weight is 330 g/mol. The van der Waals surface area contributed by atoms with E-state index in [9.17, 15) is 4.79 Å². The molecule has 0 saturated heterocycles. The molecule has 0 spiro atoms. The normalized spacial score (nSPS) is 18.1. The van der Waals surface area contributed by atoms with Gasteiger partial charge in [-0.3, -0.25) is 4.79 Å². The molecule has 1 N–H and O–H groups in total. The summed E-state index contributed by atoms with van der Waals surface area (Å²) in [4.78, 5) is 13.7. The highest BCUT2D eigenvalue weighted by Gasteiger charge is 2.31. The van der Waals surface area contributed by atoms with Crippen LogP contribution in [0.1, 0.15) is 53.6 Å². The Morgan fingerprint density at radius 3 is 3.00 bits per heavy atom. The van der Waals surface area contributed by atoms with Gasteiger partial charge in [0.05, 0.1) is 24.3 Å². The first-order valence-corrected chi connectivity index (χ1v) is 8.78. The van der Waals surface area contributed by atoms with Gasteiger partial charge >= 0.3 is 0 Å². The Morgan fingerprint density at radius 2 is 2.30 bits per heavy atom. The number of thiophene rings is 1. The molecule has 0 radical (unpaired) electrons. The van der Waals surface area contributed by atoms with E-state index in [-0.39, 0.29) is 5.91 Å². The smallest absolute Gasteiger partial charge is 0.272 e. The molecule has 0 aromatic carbocycles. The van der Waals surface area contributed by atoms with Gasteiger partial charge in [-0.2, -0.15) is 5.10 Å². The highest BCUT2D eigenvalue weighted by atomic mass is 32.1. The largest absolute Gasteiger partial charge is 0.472 e. The van der Waals surface area contributed by atoms with Crippen molar-refractivity contribution in [2.24, 2.45) is 16.4 Å². The summed E-state index contributed by atoms with van der Waals surface area (Å²) in [7, 11) is 0. The summed E-state index contributed by atoms with van der Waals surface area (Å²) in [5.74, 6) is 0.556. The fraction of sp³-hybridized carbons (Fsp3) is 0.444. The van der Waals surface area contributed by atoms with Crippen LogP contribution >= 0.6 is 11.3 Å². The van der Waals surface area contributed by atoms with Crippen LogP contribution in [0.3, 0.4) is 0 Å². The second kappa shape index (κ2) is 6.32. The molecular weight excluding hydrogens is 308 g/mol. The first-order valence-electron chi connectivity index (χ1n) is 7.90. The minimum Gasteiger partial charge on any atom is -0.472 e. The van der Waals surface area contributed by atoms with Gasteiger partial charge in [0.2, 0.25) is 0 Å². The van der Waals surface area contributed by atoms with E-state index < -0.39 is 0 Å². The minimum absolute atomic E-state index is 0.128. The standard InChI is InChI=1S/C18H22N2O2S/c1-18(2,3)13-4-5-14-15(11-23-16(14)8-13)17(21)20-19-9-12-6-7-22-10-12/h6-7,9-11,13H,4-5,8H2,1-3H3,(H,20,21)/b19-9-. The highest BCUT2D eigenvalue weighted by Crippen LogP contribution is 2.40. The number of fused-ring (bicyclic) bond motifs is 1. The van der Waals surface area contributed by atoms with Crippen molar-refractivity contribution in [1.29, 1.82) is 0 Å². The molecule has 2 heterocycles. The number of carbonyl (C=O) groups excluding carboxylic acids is 1. The Labute approximate surface area is 140 Å². The first-order chi connectivity index (χ1) is 10.9. The van der Waals surface area contributed by atoms with Crippen LogP contribution in [0.2, 0.25) is 0 Å². The van der Waals surface area contributed by atoms with Gasteiger partial charge in [0.25, 0.3) is 5.91 Å². The number of amides is 1. The number of carbonyl (C=O) groups is 1. The van der Waals surface area contributed by atoms with Crippen molar-refractivity contribution >= 4 is 23.5 Å². The number of nitrogens with zero attached hydrogens (tertiary/aromatic N) is 1. The Balaban J connectivity index is 1.68. The Morgan fingerprint density at radius 1 is 1.48 bits per heavy atom. The van der Waals surface area contributed by atoms with Gasteiger partial charge < -0.3 is 4.42 Å². The van der Waals surface area contributed by atoms with Gasteiger partial charge in [-0.15, -0.1) is 11.3 Å². The summed E-state index contributed by atoms with van der Waals surface area (Å²) in [6.45, 7) is 6.90. The molecule has 1 unspecified atom stereocenters. The lowest BCUT2D eigenvalue weighted by atomic mass is 9.72. The van der Waals surface area contributed by atoms with E-state index in [4.69, 9.17) is 4.42 Å². The monoisotopic (exact) mass is 330 g/mol. The first kappa shape index (κ1) is 16.0. The highest BCUT2D eigenvalue weighted by molar-refractivity contribution is 7.10. The topological polar surface area (TPSA) is 54.6 Å². The van der Waals surface area contributed by atoms with Crippen LogP contribution in [-0.4, -0.2) is 12.1 Å². The number of nitrogens with one attached hydrogen (secondary N) is 1. The molecule has 122 valence electrons. The molecule has 1 aliphatic rings. The lowest BCUT2D eigenvalue weighted by molar-refractivity contribution is 0.0954. The van der Waals surface area contributed by atoms with E-state index >= 15 is 0 Å². The minimum atomic E-state index is -0.128. The molecule has 0 saturated carbocycles. The number of hydrogen-bond donors (Lipinski definition) is 1. The summed E-state index contributed by atoms with van der Waals surface area (Å²) in [6, 6.07) is 1.79. The summed E-state index contributed by atoms with van der Waals surface area (Å²) in [6.07, 6.45) is 7.94. The summed E-state index contributed by atoms with van der Waals surface area (Å²) >= 11 is 1.70. The average Bonchev–Trinajstić information content (AvgIpc) is 3.14. The fourth-order valence-corrected chi connectivity index (χ4v) is 4.18. The maximum atomic E-state index is 12.3. The second-order valence-electron chi connectivity index (χ2n) is 7.11. The molecule has 1 amide bonds. The summed E-state index contributed by atoms with van der Waals surface area (Å²) in [5, 5.41) is 5.96. The summed E-state index contributed by atoms with van der Waals surface area (Å²) in [5.41, 5.74) is 5.75. The fourth-order valence-electron chi connectivity index (χ4n) is 3.02. The van der Waals surface area contributed by atoms with Crippen molar-refractivity contribution in [3.63, 3.8) is 0 Å². The van der Waals surface area contributed by atoms with Crippen molar-refractivity contribution in [3.8, 4) is 0 Å². The predicted octanol–water partition coefficient (Wildman–Crippen LogP) is 4.26. The number of rotatable bonds is 3. The lowest BCUT2D eigenvalue weighted by Crippen LogP contribution is -2.27. The molecule has 0 fully saturated rings. The van der Waals surface area contributed by atoms with Gasteiger partial charge in [-0.25, -0.2) is 5.43 Å². The molecule has 23 heavy (non-hydrogen) atoms. The van der Waals surface area contributed by atoms with Crippen LogP contribution < -0.4 is 5.43 Å². The molecule has 1 atom stereocenters. The van der Waals surface area contributed by atoms with Gasteiger partial charge in [0, 0.05) is 15.8 Å². The SMILES string of the molecule is CC(C)(C)C1CCc2c(C(=O)N/N=C\c3ccoc3)csc2C1. The van der Waals surface area contributed by atoms with E-state index in [1.165, 1.54) is 10.4 Å². The van der Waals surface area contributed by atoms with E-state index in [1.807, 2.05) is 5.38 Å². The molecular formula is C18H22N2O2S. The van der Waals surface area contributed by atoms with Crippen LogP contribution in [0.25, 0.3) is 0 Å². The van der Waals surface area contributed by atoms with Crippen LogP contribution in [-0.2, 0) is 12.8 Å². The van der Waals surface area contributed by atoms with Crippen molar-refractivity contribution in [2.75, 3.05) is 0 Å². The van der Waals surface area contributed by atoms with E-state index in [0.29, 0.717) is 11.3 Å². The Bertz CT molecular complexity index is 708. The van der Waals surface area contributed by atoms with Crippen LogP contribution in [0.5, 0.6) is 0 Å². The van der Waals surface area contributed by atoms with Crippen molar-refractivity contribution in [2.45, 2.75) is 40.0 Å². The molecule has 0 bridgehead atoms. The Hall–Kier alpha value is -1.88. The van der Waals surface area contributed by atoms with Crippen LogP contribution in [0.15, 0.2) is 33.5 Å². The zero-order valence-electron chi connectivity index (χ0n) is 13.8. The summed E-state index contributed by atoms with van der Waals surface area (Å²) < 4.78 is 4.95. The van der Waals surface area contributed by atoms with Crippen LogP contribution in [0, 0.1) is 11.3 Å². The maximum absolute atomic E-state index is 12.3. The van der Waals surface area contributed by atoms with Gasteiger partial charge in [0.15, 0.2) is 0 Å². The Kier molecular flexibility index (Phi) is 4.39. The maximum Gasteiger partial charge on any atom is 0.272 e. The van der Waals surface area contributed by atoms with Crippen molar-refractivity contribution in [1.82, 2.24) is 5.43 Å². The molecule has 2 aromatic rings. The number of hydrazone groups is 1. The van der Waals surface area contributed by atoms with Crippen molar-refractivity contribution in [3.05, 3.63) is 45.5 Å². The van der Waals surface area contributed by atoms with Crippen molar-refractivity contribution < 1.29 is 9.21 Å². The van der Waals surface area contributed by atoms with E-state index in [1.54, 1.807) is 36.1 Å². The third kappa shape index (κ3) is 3.55. The molecule has 1 aliphatic carbocycles. The van der Waals surface area contributed by atoms with E-state index in [0.717, 1.165) is 30.4 Å². The molecule has 2 aromatic heterocycles. The number of hydrogen-bond acceptors (Lipinski definition) is 4. The van der Waals surface area contributed by atoms with Crippen LogP contribution in [0.4, 0.5) is 0 Å². The lowest BCUT2D eigenvalue weighted by Gasteiger charge is -2.33. The number of furan rings is 1. The molecule has 0 aliphatic heterocycles. The molecule has 5 heteroatoms. The third-order valence-corrected chi connectivity index (χ3v) is 5.60. The van der Waals surface area contributed by atoms with E-state index in [2.05, 4.69) is 31.3 Å². The third-order valence-electron chi connectivity index (χ3n) is 4.55.